The zero-order valence-corrected chi connectivity index (χ0v) is 14.6. The number of sulfonamides is 1. The van der Waals surface area contributed by atoms with Gasteiger partial charge in [0.05, 0.1) is 25.2 Å². The molecule has 0 N–H and O–H groups in total. The monoisotopic (exact) mass is 347 g/mol. The molecule has 0 unspecified atom stereocenters. The maximum Gasteiger partial charge on any atom is 0.243 e. The second-order valence-corrected chi connectivity index (χ2v) is 7.59. The fourth-order valence-corrected chi connectivity index (χ4v) is 4.86. The van der Waals surface area contributed by atoms with Crippen LogP contribution in [0.4, 0.5) is 0 Å². The van der Waals surface area contributed by atoms with Crippen molar-refractivity contribution in [2.24, 2.45) is 0 Å². The summed E-state index contributed by atoms with van der Waals surface area (Å²) in [6, 6.07) is 13.8. The summed E-state index contributed by atoms with van der Waals surface area (Å²) in [6.45, 7) is 0.502. The molecule has 128 valence electrons. The van der Waals surface area contributed by atoms with Crippen molar-refractivity contribution >= 4 is 10.0 Å². The minimum atomic E-state index is -3.54. The molecule has 1 aliphatic heterocycles. The van der Waals surface area contributed by atoms with Crippen LogP contribution in [0.2, 0.25) is 0 Å². The first-order chi connectivity index (χ1) is 11.6. The van der Waals surface area contributed by atoms with Gasteiger partial charge in [0.25, 0.3) is 0 Å². The van der Waals surface area contributed by atoms with E-state index in [1.165, 1.54) is 0 Å². The SMILES string of the molecule is COc1ccc(OC)c([C@H]2CCCN2S(=O)(=O)c2ccccc2)c1. The first-order valence-corrected chi connectivity index (χ1v) is 9.30. The van der Waals surface area contributed by atoms with Crippen LogP contribution in [0.3, 0.4) is 0 Å². The predicted octanol–water partition coefficient (Wildman–Crippen LogP) is 3.23. The molecule has 6 heteroatoms. The van der Waals surface area contributed by atoms with E-state index in [-0.39, 0.29) is 6.04 Å². The van der Waals surface area contributed by atoms with Gasteiger partial charge in [0.1, 0.15) is 11.5 Å². The highest BCUT2D eigenvalue weighted by Crippen LogP contribution is 2.41. The molecule has 3 rings (SSSR count). The lowest BCUT2D eigenvalue weighted by Gasteiger charge is -2.26. The van der Waals surface area contributed by atoms with Gasteiger partial charge in [-0.05, 0) is 43.2 Å². The maximum atomic E-state index is 13.0. The molecular weight excluding hydrogens is 326 g/mol. The Bertz CT molecular complexity index is 805. The van der Waals surface area contributed by atoms with Crippen molar-refractivity contribution in [1.82, 2.24) is 4.31 Å². The van der Waals surface area contributed by atoms with Gasteiger partial charge in [-0.25, -0.2) is 8.42 Å². The molecule has 1 fully saturated rings. The van der Waals surface area contributed by atoms with Crippen LogP contribution < -0.4 is 9.47 Å². The summed E-state index contributed by atoms with van der Waals surface area (Å²) in [5, 5.41) is 0. The number of benzene rings is 2. The zero-order valence-electron chi connectivity index (χ0n) is 13.8. The molecule has 5 nitrogen and oxygen atoms in total. The number of ether oxygens (including phenoxy) is 2. The highest BCUT2D eigenvalue weighted by atomic mass is 32.2. The summed E-state index contributed by atoms with van der Waals surface area (Å²) >= 11 is 0. The van der Waals surface area contributed by atoms with Crippen molar-refractivity contribution in [3.05, 3.63) is 54.1 Å². The van der Waals surface area contributed by atoms with E-state index >= 15 is 0 Å². The predicted molar refractivity (Wildman–Crippen MR) is 91.9 cm³/mol. The molecule has 2 aromatic carbocycles. The lowest BCUT2D eigenvalue weighted by atomic mass is 10.0. The molecule has 1 saturated heterocycles. The topological polar surface area (TPSA) is 55.8 Å². The van der Waals surface area contributed by atoms with E-state index in [1.807, 2.05) is 24.3 Å². The highest BCUT2D eigenvalue weighted by Gasteiger charge is 2.37. The highest BCUT2D eigenvalue weighted by molar-refractivity contribution is 7.89. The van der Waals surface area contributed by atoms with Gasteiger partial charge in [-0.1, -0.05) is 18.2 Å². The Balaban J connectivity index is 2.03. The summed E-state index contributed by atoms with van der Waals surface area (Å²) in [5.41, 5.74) is 0.842. The largest absolute Gasteiger partial charge is 0.497 e. The summed E-state index contributed by atoms with van der Waals surface area (Å²) in [5.74, 6) is 1.37. The number of hydrogen-bond acceptors (Lipinski definition) is 4. The van der Waals surface area contributed by atoms with Crippen LogP contribution in [0.15, 0.2) is 53.4 Å². The molecule has 0 radical (unpaired) electrons. The average Bonchev–Trinajstić information content (AvgIpc) is 3.12. The molecule has 0 bridgehead atoms. The van der Waals surface area contributed by atoms with Crippen molar-refractivity contribution in [1.29, 1.82) is 0 Å². The molecule has 0 aromatic heterocycles. The molecule has 0 saturated carbocycles. The van der Waals surface area contributed by atoms with Crippen LogP contribution in [0.1, 0.15) is 24.4 Å². The molecule has 0 aliphatic carbocycles. The first-order valence-electron chi connectivity index (χ1n) is 7.86. The Morgan fingerprint density at radius 2 is 1.79 bits per heavy atom. The third-order valence-corrected chi connectivity index (χ3v) is 6.27. The van der Waals surface area contributed by atoms with Crippen molar-refractivity contribution in [3.63, 3.8) is 0 Å². The standard InChI is InChI=1S/C18H21NO4S/c1-22-14-10-11-18(23-2)16(13-14)17-9-6-12-19(17)24(20,21)15-7-4-3-5-8-15/h3-5,7-8,10-11,13,17H,6,9,12H2,1-2H3/t17-/m1/s1. The molecule has 2 aromatic rings. The van der Waals surface area contributed by atoms with E-state index < -0.39 is 10.0 Å². The van der Waals surface area contributed by atoms with Crippen LogP contribution in [-0.4, -0.2) is 33.5 Å². The van der Waals surface area contributed by atoms with E-state index in [4.69, 9.17) is 9.47 Å². The van der Waals surface area contributed by atoms with Gasteiger partial charge in [0, 0.05) is 12.1 Å². The van der Waals surface area contributed by atoms with Gasteiger partial charge >= 0.3 is 0 Å². The summed E-state index contributed by atoms with van der Waals surface area (Å²) in [4.78, 5) is 0.318. The number of nitrogens with zero attached hydrogens (tertiary/aromatic N) is 1. The Labute approximate surface area is 142 Å². The third-order valence-electron chi connectivity index (χ3n) is 4.35. The molecule has 1 aliphatic rings. The quantitative estimate of drug-likeness (QED) is 0.833. The van der Waals surface area contributed by atoms with E-state index in [1.54, 1.807) is 42.8 Å². The van der Waals surface area contributed by atoms with Crippen molar-refractivity contribution in [2.45, 2.75) is 23.8 Å². The van der Waals surface area contributed by atoms with Crippen LogP contribution in [0, 0.1) is 0 Å². The van der Waals surface area contributed by atoms with Crippen LogP contribution in [0.25, 0.3) is 0 Å². The minimum absolute atomic E-state index is 0.250. The van der Waals surface area contributed by atoms with Crippen LogP contribution in [-0.2, 0) is 10.0 Å². The fourth-order valence-electron chi connectivity index (χ4n) is 3.17. The second kappa shape index (κ2) is 6.83. The summed E-state index contributed by atoms with van der Waals surface area (Å²) in [6.07, 6.45) is 1.58. The Morgan fingerprint density at radius 1 is 1.04 bits per heavy atom. The van der Waals surface area contributed by atoms with Crippen LogP contribution >= 0.6 is 0 Å². The zero-order chi connectivity index (χ0) is 17.2. The number of methoxy groups -OCH3 is 2. The first kappa shape index (κ1) is 16.8. The molecule has 0 amide bonds. The minimum Gasteiger partial charge on any atom is -0.497 e. The molecular formula is C18H21NO4S. The fraction of sp³-hybridized carbons (Fsp3) is 0.333. The van der Waals surface area contributed by atoms with Gasteiger partial charge in [-0.2, -0.15) is 4.31 Å². The summed E-state index contributed by atoms with van der Waals surface area (Å²) < 4.78 is 38.4. The number of rotatable bonds is 5. The Kier molecular flexibility index (Phi) is 4.78. The van der Waals surface area contributed by atoms with Gasteiger partial charge in [-0.15, -0.1) is 0 Å². The number of hydrogen-bond donors (Lipinski definition) is 0. The normalized spacial score (nSPS) is 18.5. The van der Waals surface area contributed by atoms with Crippen molar-refractivity contribution in [3.8, 4) is 11.5 Å². The molecule has 0 spiro atoms. The van der Waals surface area contributed by atoms with E-state index in [9.17, 15) is 8.42 Å². The maximum absolute atomic E-state index is 13.0. The lowest BCUT2D eigenvalue weighted by Crippen LogP contribution is -2.30. The molecule has 1 atom stereocenters. The third kappa shape index (κ3) is 2.99. The van der Waals surface area contributed by atoms with Gasteiger partial charge in [0.2, 0.25) is 10.0 Å². The van der Waals surface area contributed by atoms with E-state index in [0.29, 0.717) is 22.9 Å². The Morgan fingerprint density at radius 3 is 2.46 bits per heavy atom. The van der Waals surface area contributed by atoms with Crippen molar-refractivity contribution < 1.29 is 17.9 Å². The van der Waals surface area contributed by atoms with Gasteiger partial charge in [0.15, 0.2) is 0 Å². The molecule has 1 heterocycles. The van der Waals surface area contributed by atoms with Gasteiger partial charge < -0.3 is 9.47 Å². The molecule has 24 heavy (non-hydrogen) atoms. The smallest absolute Gasteiger partial charge is 0.243 e. The Hall–Kier alpha value is -2.05. The average molecular weight is 347 g/mol. The van der Waals surface area contributed by atoms with Crippen LogP contribution in [0.5, 0.6) is 11.5 Å². The van der Waals surface area contributed by atoms with Crippen molar-refractivity contribution in [2.75, 3.05) is 20.8 Å². The van der Waals surface area contributed by atoms with E-state index in [2.05, 4.69) is 0 Å². The van der Waals surface area contributed by atoms with Gasteiger partial charge in [-0.3, -0.25) is 0 Å². The van der Waals surface area contributed by atoms with E-state index in [0.717, 1.165) is 18.4 Å². The lowest BCUT2D eigenvalue weighted by molar-refractivity contribution is 0.361. The second-order valence-electron chi connectivity index (χ2n) is 5.69. The summed E-state index contributed by atoms with van der Waals surface area (Å²) in [7, 11) is -0.354.